The van der Waals surface area contributed by atoms with E-state index in [1.807, 2.05) is 13.0 Å². The summed E-state index contributed by atoms with van der Waals surface area (Å²) < 4.78 is 0. The monoisotopic (exact) mass is 220 g/mol. The van der Waals surface area contributed by atoms with Crippen LogP contribution in [0.4, 0.5) is 4.79 Å². The number of hydrogen-bond acceptors (Lipinski definition) is 3. The summed E-state index contributed by atoms with van der Waals surface area (Å²) in [6.07, 6.45) is 4.51. The first-order valence-electron chi connectivity index (χ1n) is 5.38. The third-order valence-electron chi connectivity index (χ3n) is 2.65. The van der Waals surface area contributed by atoms with Gasteiger partial charge < -0.3 is 4.90 Å². The van der Waals surface area contributed by atoms with Crippen LogP contribution in [0.25, 0.3) is 0 Å². The SMILES string of the molecule is Cc1cncc(CN2CCCN(N)C2=O)c1. The maximum absolute atomic E-state index is 11.7. The number of urea groups is 1. The number of hydrogen-bond donors (Lipinski definition) is 1. The van der Waals surface area contributed by atoms with Crippen LogP contribution in [0.3, 0.4) is 0 Å². The first-order valence-corrected chi connectivity index (χ1v) is 5.38. The summed E-state index contributed by atoms with van der Waals surface area (Å²) in [5.74, 6) is 5.58. The molecule has 1 saturated heterocycles. The molecular formula is C11H16N4O. The van der Waals surface area contributed by atoms with Crippen molar-refractivity contribution in [1.82, 2.24) is 14.9 Å². The van der Waals surface area contributed by atoms with Crippen molar-refractivity contribution in [3.8, 4) is 0 Å². The van der Waals surface area contributed by atoms with Crippen LogP contribution in [0.1, 0.15) is 17.5 Å². The number of aryl methyl sites for hydroxylation is 1. The van der Waals surface area contributed by atoms with Crippen molar-refractivity contribution >= 4 is 6.03 Å². The Kier molecular flexibility index (Phi) is 3.05. The van der Waals surface area contributed by atoms with Gasteiger partial charge in [-0.1, -0.05) is 6.07 Å². The molecule has 1 aromatic rings. The second-order valence-corrected chi connectivity index (χ2v) is 4.12. The molecular weight excluding hydrogens is 204 g/mol. The van der Waals surface area contributed by atoms with E-state index in [1.165, 1.54) is 5.01 Å². The van der Waals surface area contributed by atoms with Crippen LogP contribution >= 0.6 is 0 Å². The van der Waals surface area contributed by atoms with Crippen LogP contribution in [0.15, 0.2) is 18.5 Å². The summed E-state index contributed by atoms with van der Waals surface area (Å²) in [5, 5.41) is 1.27. The summed E-state index contributed by atoms with van der Waals surface area (Å²) >= 11 is 0. The van der Waals surface area contributed by atoms with Crippen molar-refractivity contribution in [1.29, 1.82) is 0 Å². The molecule has 2 heterocycles. The molecule has 0 atom stereocenters. The number of carbonyl (C=O) groups is 1. The molecule has 2 N–H and O–H groups in total. The zero-order chi connectivity index (χ0) is 11.5. The van der Waals surface area contributed by atoms with Gasteiger partial charge in [-0.05, 0) is 24.5 Å². The molecule has 0 aromatic carbocycles. The molecule has 86 valence electrons. The summed E-state index contributed by atoms with van der Waals surface area (Å²) in [4.78, 5) is 17.6. The van der Waals surface area contributed by atoms with E-state index in [2.05, 4.69) is 4.98 Å². The lowest BCUT2D eigenvalue weighted by Gasteiger charge is -2.32. The molecule has 0 saturated carbocycles. The average molecular weight is 220 g/mol. The fourth-order valence-corrected chi connectivity index (χ4v) is 1.88. The molecule has 1 aliphatic heterocycles. The minimum atomic E-state index is -0.104. The maximum Gasteiger partial charge on any atom is 0.334 e. The van der Waals surface area contributed by atoms with Gasteiger partial charge in [-0.2, -0.15) is 0 Å². The van der Waals surface area contributed by atoms with Crippen molar-refractivity contribution in [2.75, 3.05) is 13.1 Å². The third kappa shape index (κ3) is 2.30. The Morgan fingerprint density at radius 3 is 3.00 bits per heavy atom. The Labute approximate surface area is 94.8 Å². The molecule has 0 bridgehead atoms. The second-order valence-electron chi connectivity index (χ2n) is 4.12. The molecule has 0 radical (unpaired) electrons. The van der Waals surface area contributed by atoms with E-state index in [9.17, 15) is 4.79 Å². The smallest absolute Gasteiger partial charge is 0.319 e. The molecule has 0 unspecified atom stereocenters. The van der Waals surface area contributed by atoms with E-state index >= 15 is 0 Å². The van der Waals surface area contributed by atoms with Gasteiger partial charge in [-0.25, -0.2) is 10.6 Å². The molecule has 5 heteroatoms. The fourth-order valence-electron chi connectivity index (χ4n) is 1.88. The third-order valence-corrected chi connectivity index (χ3v) is 2.65. The highest BCUT2D eigenvalue weighted by Gasteiger charge is 2.23. The predicted molar refractivity (Wildman–Crippen MR) is 60.3 cm³/mol. The topological polar surface area (TPSA) is 62.5 Å². The van der Waals surface area contributed by atoms with Crippen molar-refractivity contribution in [2.45, 2.75) is 19.9 Å². The van der Waals surface area contributed by atoms with Crippen LogP contribution in [0.5, 0.6) is 0 Å². The summed E-state index contributed by atoms with van der Waals surface area (Å²) in [5.41, 5.74) is 2.15. The van der Waals surface area contributed by atoms with Crippen LogP contribution in [-0.2, 0) is 6.54 Å². The standard InChI is InChI=1S/C11H16N4O/c1-9-5-10(7-13-6-9)8-14-3-2-4-15(12)11(14)16/h5-7H,2-4,8,12H2,1H3. The van der Waals surface area contributed by atoms with Gasteiger partial charge in [0.05, 0.1) is 0 Å². The molecule has 1 aliphatic rings. The molecule has 1 fully saturated rings. The minimum Gasteiger partial charge on any atom is -0.319 e. The van der Waals surface area contributed by atoms with Gasteiger partial charge in [0.15, 0.2) is 0 Å². The van der Waals surface area contributed by atoms with Gasteiger partial charge in [0.1, 0.15) is 0 Å². The Balaban J connectivity index is 2.06. The van der Waals surface area contributed by atoms with Crippen LogP contribution in [0.2, 0.25) is 0 Å². The lowest BCUT2D eigenvalue weighted by molar-refractivity contribution is 0.127. The van der Waals surface area contributed by atoms with Crippen LogP contribution < -0.4 is 5.84 Å². The number of pyridine rings is 1. The molecule has 16 heavy (non-hydrogen) atoms. The number of rotatable bonds is 2. The molecule has 0 aliphatic carbocycles. The first kappa shape index (κ1) is 10.9. The number of hydrazine groups is 1. The number of amides is 2. The predicted octanol–water partition coefficient (Wildman–Crippen LogP) is 0.891. The highest BCUT2D eigenvalue weighted by atomic mass is 16.2. The van der Waals surface area contributed by atoms with E-state index < -0.39 is 0 Å². The first-order chi connectivity index (χ1) is 7.66. The van der Waals surface area contributed by atoms with Gasteiger partial charge in [0.25, 0.3) is 0 Å². The van der Waals surface area contributed by atoms with Gasteiger partial charge >= 0.3 is 6.03 Å². The van der Waals surface area contributed by atoms with Crippen LogP contribution in [0, 0.1) is 6.92 Å². The highest BCUT2D eigenvalue weighted by molar-refractivity contribution is 5.74. The largest absolute Gasteiger partial charge is 0.334 e. The van der Waals surface area contributed by atoms with E-state index in [0.717, 1.165) is 24.1 Å². The zero-order valence-corrected chi connectivity index (χ0v) is 9.39. The molecule has 5 nitrogen and oxygen atoms in total. The second kappa shape index (κ2) is 4.49. The normalized spacial score (nSPS) is 16.8. The number of nitrogens with two attached hydrogens (primary N) is 1. The molecule has 2 amide bonds. The summed E-state index contributed by atoms with van der Waals surface area (Å²) in [6.45, 7) is 3.98. The number of nitrogens with zero attached hydrogens (tertiary/aromatic N) is 3. The van der Waals surface area contributed by atoms with Gasteiger partial charge in [-0.3, -0.25) is 9.99 Å². The maximum atomic E-state index is 11.7. The Morgan fingerprint density at radius 2 is 2.25 bits per heavy atom. The quantitative estimate of drug-likeness (QED) is 0.594. The molecule has 0 spiro atoms. The van der Waals surface area contributed by atoms with E-state index in [-0.39, 0.29) is 6.03 Å². The summed E-state index contributed by atoms with van der Waals surface area (Å²) in [6, 6.07) is 1.93. The Bertz CT molecular complexity index is 393. The zero-order valence-electron chi connectivity index (χ0n) is 9.39. The van der Waals surface area contributed by atoms with Crippen molar-refractivity contribution < 1.29 is 4.79 Å². The van der Waals surface area contributed by atoms with Crippen molar-refractivity contribution in [3.63, 3.8) is 0 Å². The van der Waals surface area contributed by atoms with E-state index in [0.29, 0.717) is 13.1 Å². The Morgan fingerprint density at radius 1 is 1.44 bits per heavy atom. The lowest BCUT2D eigenvalue weighted by Crippen LogP contribution is -2.52. The van der Waals surface area contributed by atoms with Gasteiger partial charge in [-0.15, -0.1) is 0 Å². The number of carbonyl (C=O) groups excluding carboxylic acids is 1. The van der Waals surface area contributed by atoms with Crippen molar-refractivity contribution in [3.05, 3.63) is 29.6 Å². The van der Waals surface area contributed by atoms with Gasteiger partial charge in [0.2, 0.25) is 0 Å². The van der Waals surface area contributed by atoms with Gasteiger partial charge in [0, 0.05) is 32.0 Å². The average Bonchev–Trinajstić information content (AvgIpc) is 2.25. The van der Waals surface area contributed by atoms with E-state index in [4.69, 9.17) is 5.84 Å². The van der Waals surface area contributed by atoms with Crippen LogP contribution in [-0.4, -0.2) is 34.0 Å². The van der Waals surface area contributed by atoms with E-state index in [1.54, 1.807) is 17.3 Å². The number of aromatic nitrogens is 1. The molecule has 2 rings (SSSR count). The molecule has 1 aromatic heterocycles. The Hall–Kier alpha value is -1.62. The summed E-state index contributed by atoms with van der Waals surface area (Å²) in [7, 11) is 0. The minimum absolute atomic E-state index is 0.104. The fraction of sp³-hybridized carbons (Fsp3) is 0.455. The lowest BCUT2D eigenvalue weighted by atomic mass is 10.2. The highest BCUT2D eigenvalue weighted by Crippen LogP contribution is 2.11. The van der Waals surface area contributed by atoms with Crippen molar-refractivity contribution in [2.24, 2.45) is 5.84 Å².